The molecule has 0 radical (unpaired) electrons. The zero-order valence-corrected chi connectivity index (χ0v) is 11.8. The molecule has 1 saturated heterocycles. The number of likely N-dealkylation sites (tertiary alicyclic amines) is 1. The minimum atomic E-state index is 0.0431. The molecule has 1 aliphatic rings. The van der Waals surface area contributed by atoms with E-state index in [1.165, 1.54) is 6.42 Å². The molecule has 1 aromatic carbocycles. The van der Waals surface area contributed by atoms with E-state index in [2.05, 4.69) is 4.90 Å². The fourth-order valence-electron chi connectivity index (χ4n) is 2.61. The SMILES string of the molecule is COc1ccc(C(N)CN2CCCC(OC)C2)cc1. The summed E-state index contributed by atoms with van der Waals surface area (Å²) in [6.45, 7) is 2.98. The second kappa shape index (κ2) is 6.89. The highest BCUT2D eigenvalue weighted by Crippen LogP contribution is 2.19. The van der Waals surface area contributed by atoms with Crippen molar-refractivity contribution in [3.63, 3.8) is 0 Å². The van der Waals surface area contributed by atoms with Crippen molar-refractivity contribution in [3.8, 4) is 5.75 Å². The highest BCUT2D eigenvalue weighted by atomic mass is 16.5. The van der Waals surface area contributed by atoms with E-state index in [0.717, 1.165) is 37.4 Å². The van der Waals surface area contributed by atoms with Crippen molar-refractivity contribution in [1.82, 2.24) is 4.90 Å². The lowest BCUT2D eigenvalue weighted by atomic mass is 10.0. The normalized spacial score (nSPS) is 22.2. The van der Waals surface area contributed by atoms with Gasteiger partial charge in [-0.2, -0.15) is 0 Å². The van der Waals surface area contributed by atoms with Gasteiger partial charge in [0.25, 0.3) is 0 Å². The largest absolute Gasteiger partial charge is 0.497 e. The van der Waals surface area contributed by atoms with Gasteiger partial charge in [-0.15, -0.1) is 0 Å². The van der Waals surface area contributed by atoms with Crippen LogP contribution in [0.3, 0.4) is 0 Å². The molecule has 106 valence electrons. The third-order valence-corrected chi connectivity index (χ3v) is 3.79. The fraction of sp³-hybridized carbons (Fsp3) is 0.600. The Kier molecular flexibility index (Phi) is 5.19. The number of hydrogen-bond donors (Lipinski definition) is 1. The number of rotatable bonds is 5. The molecule has 2 N–H and O–H groups in total. The molecular formula is C15H24N2O2. The van der Waals surface area contributed by atoms with Crippen LogP contribution in [0.25, 0.3) is 0 Å². The smallest absolute Gasteiger partial charge is 0.118 e. The molecule has 2 rings (SSSR count). The van der Waals surface area contributed by atoms with Crippen LogP contribution in [-0.2, 0) is 4.74 Å². The second-order valence-corrected chi connectivity index (χ2v) is 5.14. The number of piperidine rings is 1. The zero-order chi connectivity index (χ0) is 13.7. The second-order valence-electron chi connectivity index (χ2n) is 5.14. The van der Waals surface area contributed by atoms with E-state index in [9.17, 15) is 0 Å². The van der Waals surface area contributed by atoms with Gasteiger partial charge in [-0.1, -0.05) is 12.1 Å². The molecule has 19 heavy (non-hydrogen) atoms. The van der Waals surface area contributed by atoms with Gasteiger partial charge in [-0.25, -0.2) is 0 Å². The van der Waals surface area contributed by atoms with Crippen molar-refractivity contribution in [2.75, 3.05) is 33.9 Å². The van der Waals surface area contributed by atoms with E-state index in [4.69, 9.17) is 15.2 Å². The number of benzene rings is 1. The fourth-order valence-corrected chi connectivity index (χ4v) is 2.61. The van der Waals surface area contributed by atoms with Gasteiger partial charge in [0.1, 0.15) is 5.75 Å². The number of ether oxygens (including phenoxy) is 2. The predicted octanol–water partition coefficient (Wildman–Crippen LogP) is 1.81. The van der Waals surface area contributed by atoms with Crippen LogP contribution < -0.4 is 10.5 Å². The van der Waals surface area contributed by atoms with Gasteiger partial charge in [-0.05, 0) is 37.1 Å². The molecule has 1 fully saturated rings. The van der Waals surface area contributed by atoms with Gasteiger partial charge in [0, 0.05) is 26.2 Å². The first kappa shape index (κ1) is 14.3. The van der Waals surface area contributed by atoms with Gasteiger partial charge >= 0.3 is 0 Å². The molecule has 2 atom stereocenters. The lowest BCUT2D eigenvalue weighted by molar-refractivity contribution is 0.0294. The van der Waals surface area contributed by atoms with Gasteiger partial charge in [-0.3, -0.25) is 4.90 Å². The van der Waals surface area contributed by atoms with E-state index < -0.39 is 0 Å². The van der Waals surface area contributed by atoms with E-state index in [-0.39, 0.29) is 6.04 Å². The Balaban J connectivity index is 1.90. The number of hydrogen-bond acceptors (Lipinski definition) is 4. The van der Waals surface area contributed by atoms with Crippen molar-refractivity contribution in [2.24, 2.45) is 5.73 Å². The Bertz CT molecular complexity index is 380. The van der Waals surface area contributed by atoms with Gasteiger partial charge in [0.2, 0.25) is 0 Å². The molecule has 0 amide bonds. The van der Waals surface area contributed by atoms with E-state index >= 15 is 0 Å². The summed E-state index contributed by atoms with van der Waals surface area (Å²) < 4.78 is 10.6. The van der Waals surface area contributed by atoms with Crippen LogP contribution in [0.2, 0.25) is 0 Å². The number of nitrogens with zero attached hydrogens (tertiary/aromatic N) is 1. The summed E-state index contributed by atoms with van der Waals surface area (Å²) in [7, 11) is 3.46. The average molecular weight is 264 g/mol. The van der Waals surface area contributed by atoms with Crippen molar-refractivity contribution >= 4 is 0 Å². The van der Waals surface area contributed by atoms with Gasteiger partial charge in [0.05, 0.1) is 13.2 Å². The first-order chi connectivity index (χ1) is 9.22. The molecule has 0 aliphatic carbocycles. The Morgan fingerprint density at radius 2 is 2.05 bits per heavy atom. The summed E-state index contributed by atoms with van der Waals surface area (Å²) in [5.41, 5.74) is 7.43. The van der Waals surface area contributed by atoms with Crippen LogP contribution in [0.15, 0.2) is 24.3 Å². The lowest BCUT2D eigenvalue weighted by Crippen LogP contribution is -2.42. The molecule has 0 spiro atoms. The minimum absolute atomic E-state index is 0.0431. The van der Waals surface area contributed by atoms with Gasteiger partial charge < -0.3 is 15.2 Å². The average Bonchev–Trinajstić information content (AvgIpc) is 2.47. The molecule has 0 aromatic heterocycles. The molecular weight excluding hydrogens is 240 g/mol. The van der Waals surface area contributed by atoms with Crippen LogP contribution in [-0.4, -0.2) is 44.9 Å². The molecule has 1 aliphatic heterocycles. The summed E-state index contributed by atoms with van der Waals surface area (Å²) >= 11 is 0. The molecule has 2 unspecified atom stereocenters. The third-order valence-electron chi connectivity index (χ3n) is 3.79. The highest BCUT2D eigenvalue weighted by molar-refractivity contribution is 5.29. The topological polar surface area (TPSA) is 47.7 Å². The summed E-state index contributed by atoms with van der Waals surface area (Å²) in [6, 6.07) is 8.05. The summed E-state index contributed by atoms with van der Waals surface area (Å²) in [5, 5.41) is 0. The minimum Gasteiger partial charge on any atom is -0.497 e. The lowest BCUT2D eigenvalue weighted by Gasteiger charge is -2.33. The van der Waals surface area contributed by atoms with Gasteiger partial charge in [0.15, 0.2) is 0 Å². The Morgan fingerprint density at radius 3 is 2.68 bits per heavy atom. The van der Waals surface area contributed by atoms with Crippen molar-refractivity contribution in [2.45, 2.75) is 25.0 Å². The summed E-state index contributed by atoms with van der Waals surface area (Å²) in [5.74, 6) is 0.869. The molecule has 1 heterocycles. The zero-order valence-electron chi connectivity index (χ0n) is 11.8. The molecule has 1 aromatic rings. The first-order valence-electron chi connectivity index (χ1n) is 6.87. The number of nitrogens with two attached hydrogens (primary N) is 1. The maximum Gasteiger partial charge on any atom is 0.118 e. The Labute approximate surface area is 115 Å². The summed E-state index contributed by atoms with van der Waals surface area (Å²) in [4.78, 5) is 2.40. The molecule has 0 saturated carbocycles. The van der Waals surface area contributed by atoms with Crippen molar-refractivity contribution in [1.29, 1.82) is 0 Å². The predicted molar refractivity (Wildman–Crippen MR) is 76.4 cm³/mol. The monoisotopic (exact) mass is 264 g/mol. The number of methoxy groups -OCH3 is 2. The first-order valence-corrected chi connectivity index (χ1v) is 6.87. The summed E-state index contributed by atoms with van der Waals surface area (Å²) in [6.07, 6.45) is 2.70. The Hall–Kier alpha value is -1.10. The molecule has 4 nitrogen and oxygen atoms in total. The third kappa shape index (κ3) is 3.93. The van der Waals surface area contributed by atoms with Crippen molar-refractivity contribution in [3.05, 3.63) is 29.8 Å². The quantitative estimate of drug-likeness (QED) is 0.881. The molecule has 4 heteroatoms. The Morgan fingerprint density at radius 1 is 1.32 bits per heavy atom. The maximum absolute atomic E-state index is 6.28. The van der Waals surface area contributed by atoms with E-state index in [1.807, 2.05) is 24.3 Å². The highest BCUT2D eigenvalue weighted by Gasteiger charge is 2.21. The molecule has 0 bridgehead atoms. The van der Waals surface area contributed by atoms with E-state index in [0.29, 0.717) is 6.10 Å². The van der Waals surface area contributed by atoms with Crippen LogP contribution in [0.4, 0.5) is 0 Å². The maximum atomic E-state index is 6.28. The van der Waals surface area contributed by atoms with Crippen molar-refractivity contribution < 1.29 is 9.47 Å². The van der Waals surface area contributed by atoms with Crippen LogP contribution >= 0.6 is 0 Å². The standard InChI is InChI=1S/C15H24N2O2/c1-18-13-7-5-12(6-8-13)15(16)11-17-9-3-4-14(10-17)19-2/h5-8,14-15H,3-4,9-11,16H2,1-2H3. The van der Waals surface area contributed by atoms with E-state index in [1.54, 1.807) is 14.2 Å². The van der Waals surface area contributed by atoms with Crippen LogP contribution in [0, 0.1) is 0 Å². The van der Waals surface area contributed by atoms with Crippen LogP contribution in [0.5, 0.6) is 5.75 Å². The van der Waals surface area contributed by atoms with Crippen LogP contribution in [0.1, 0.15) is 24.4 Å².